The fraction of sp³-hybridized carbons (Fsp3) is 0.192. The largest absolute Gasteiger partial charge is 0.310 e. The van der Waals surface area contributed by atoms with E-state index in [9.17, 15) is 0 Å². The number of benzene rings is 7. The van der Waals surface area contributed by atoms with E-state index in [-0.39, 0.29) is 16.2 Å². The molecular weight excluding hydrogens is 639 g/mol. The van der Waals surface area contributed by atoms with Crippen molar-refractivity contribution < 1.29 is 0 Å². The van der Waals surface area contributed by atoms with Crippen LogP contribution < -0.4 is 4.90 Å². The van der Waals surface area contributed by atoms with Gasteiger partial charge in [-0.25, -0.2) is 0 Å². The maximum atomic E-state index is 2.49. The maximum absolute atomic E-state index is 2.49. The third-order valence-corrected chi connectivity index (χ3v) is 12.0. The summed E-state index contributed by atoms with van der Waals surface area (Å²) < 4.78 is 0. The van der Waals surface area contributed by atoms with Gasteiger partial charge in [-0.15, -0.1) is 0 Å². The van der Waals surface area contributed by atoms with Gasteiger partial charge in [-0.05, 0) is 114 Å². The van der Waals surface area contributed by atoms with Gasteiger partial charge in [-0.1, -0.05) is 170 Å². The summed E-state index contributed by atoms with van der Waals surface area (Å²) in [7, 11) is 0. The lowest BCUT2D eigenvalue weighted by atomic mass is 9.81. The molecule has 0 saturated heterocycles. The Morgan fingerprint density at radius 1 is 0.377 bits per heavy atom. The topological polar surface area (TPSA) is 3.24 Å². The molecule has 0 heterocycles. The minimum atomic E-state index is -0.108. The molecule has 0 radical (unpaired) electrons. The number of nitrogens with zero attached hydrogens (tertiary/aromatic N) is 1. The predicted octanol–water partition coefficient (Wildman–Crippen LogP) is 14.4. The molecule has 0 spiro atoms. The fourth-order valence-electron chi connectivity index (χ4n) is 9.06. The molecule has 0 saturated carbocycles. The first-order chi connectivity index (χ1) is 25.4. The van der Waals surface area contributed by atoms with Gasteiger partial charge in [0.2, 0.25) is 0 Å². The number of hydrogen-bond donors (Lipinski definition) is 0. The first-order valence-corrected chi connectivity index (χ1v) is 19.0. The van der Waals surface area contributed by atoms with Crippen LogP contribution in [0.1, 0.15) is 76.3 Å². The third kappa shape index (κ3) is 5.28. The van der Waals surface area contributed by atoms with E-state index in [1.54, 1.807) is 0 Å². The van der Waals surface area contributed by atoms with Gasteiger partial charge in [0.25, 0.3) is 0 Å². The molecule has 7 aromatic carbocycles. The summed E-state index contributed by atoms with van der Waals surface area (Å²) in [6, 6.07) is 59.0. The lowest BCUT2D eigenvalue weighted by Crippen LogP contribution is -2.17. The van der Waals surface area contributed by atoms with Crippen LogP contribution in [0.2, 0.25) is 0 Å². The quantitative estimate of drug-likeness (QED) is 0.174. The minimum Gasteiger partial charge on any atom is -0.310 e. The standard InChI is InChI=1S/C52H47N/c1-50(2,3)37-29-36(41-23-16-26-47-49(41)44-22-12-14-25-46(44)51(47,4)5)31-40(32-37)53(38-20-15-19-35(30-38)34-17-9-8-10-18-34)39-27-28-43-42-21-11-13-24-45(42)52(6,7)48(43)33-39/h8-33H,1-7H3. The van der Waals surface area contributed by atoms with E-state index < -0.39 is 0 Å². The molecule has 0 unspecified atom stereocenters. The van der Waals surface area contributed by atoms with Crippen molar-refractivity contribution in [3.8, 4) is 44.5 Å². The molecule has 0 aliphatic heterocycles. The van der Waals surface area contributed by atoms with Gasteiger partial charge in [0.05, 0.1) is 0 Å². The van der Waals surface area contributed by atoms with Crippen LogP contribution in [-0.4, -0.2) is 0 Å². The van der Waals surface area contributed by atoms with Crippen molar-refractivity contribution >= 4 is 17.1 Å². The van der Waals surface area contributed by atoms with Gasteiger partial charge in [0.1, 0.15) is 0 Å². The van der Waals surface area contributed by atoms with E-state index in [0.29, 0.717) is 0 Å². The Labute approximate surface area is 315 Å². The zero-order chi connectivity index (χ0) is 36.7. The molecule has 53 heavy (non-hydrogen) atoms. The van der Waals surface area contributed by atoms with Crippen molar-refractivity contribution in [2.75, 3.05) is 4.90 Å². The predicted molar refractivity (Wildman–Crippen MR) is 226 cm³/mol. The Hall–Kier alpha value is -5.66. The van der Waals surface area contributed by atoms with Crippen molar-refractivity contribution in [3.05, 3.63) is 186 Å². The van der Waals surface area contributed by atoms with Crippen LogP contribution in [0.25, 0.3) is 44.5 Å². The van der Waals surface area contributed by atoms with Crippen molar-refractivity contribution in [3.63, 3.8) is 0 Å². The molecule has 0 fully saturated rings. The number of hydrogen-bond acceptors (Lipinski definition) is 1. The van der Waals surface area contributed by atoms with Gasteiger partial charge in [-0.3, -0.25) is 0 Å². The monoisotopic (exact) mass is 685 g/mol. The second kappa shape index (κ2) is 11.9. The number of fused-ring (bicyclic) bond motifs is 6. The summed E-state index contributed by atoms with van der Waals surface area (Å²) in [5.41, 5.74) is 20.4. The van der Waals surface area contributed by atoms with E-state index in [1.807, 2.05) is 0 Å². The van der Waals surface area contributed by atoms with Gasteiger partial charge in [0, 0.05) is 27.9 Å². The Morgan fingerprint density at radius 3 is 1.68 bits per heavy atom. The van der Waals surface area contributed by atoms with Gasteiger partial charge in [0.15, 0.2) is 0 Å². The van der Waals surface area contributed by atoms with E-state index in [4.69, 9.17) is 0 Å². The Kier molecular flexibility index (Phi) is 7.48. The molecule has 260 valence electrons. The third-order valence-electron chi connectivity index (χ3n) is 12.0. The highest BCUT2D eigenvalue weighted by Gasteiger charge is 2.38. The molecule has 7 aromatic rings. The summed E-state index contributed by atoms with van der Waals surface area (Å²) in [5, 5.41) is 0. The summed E-state index contributed by atoms with van der Waals surface area (Å²) in [6.07, 6.45) is 0. The summed E-state index contributed by atoms with van der Waals surface area (Å²) in [6.45, 7) is 16.5. The number of rotatable bonds is 5. The van der Waals surface area contributed by atoms with Crippen LogP contribution in [0.4, 0.5) is 17.1 Å². The van der Waals surface area contributed by atoms with Crippen molar-refractivity contribution in [2.45, 2.75) is 64.7 Å². The smallest absolute Gasteiger partial charge is 0.0470 e. The van der Waals surface area contributed by atoms with Crippen LogP contribution in [0.3, 0.4) is 0 Å². The van der Waals surface area contributed by atoms with Crippen LogP contribution in [0.5, 0.6) is 0 Å². The highest BCUT2D eigenvalue weighted by Crippen LogP contribution is 2.54. The molecule has 2 aliphatic rings. The molecule has 2 aliphatic carbocycles. The fourth-order valence-corrected chi connectivity index (χ4v) is 9.06. The molecule has 0 amide bonds. The zero-order valence-electron chi connectivity index (χ0n) is 32.0. The van der Waals surface area contributed by atoms with E-state index in [2.05, 4.69) is 211 Å². The molecule has 0 atom stereocenters. The Morgan fingerprint density at radius 2 is 0.925 bits per heavy atom. The molecule has 0 N–H and O–H groups in total. The number of anilines is 3. The van der Waals surface area contributed by atoms with E-state index >= 15 is 0 Å². The Bertz CT molecular complexity index is 2540. The average Bonchev–Trinajstić information content (AvgIpc) is 3.54. The normalized spacial score (nSPS) is 14.6. The minimum absolute atomic E-state index is 0.0644. The molecule has 9 rings (SSSR count). The molecule has 1 heteroatoms. The second-order valence-corrected chi connectivity index (χ2v) is 17.1. The Balaban J connectivity index is 1.30. The average molecular weight is 686 g/mol. The second-order valence-electron chi connectivity index (χ2n) is 17.1. The van der Waals surface area contributed by atoms with Gasteiger partial charge < -0.3 is 4.90 Å². The molecule has 0 aromatic heterocycles. The van der Waals surface area contributed by atoms with Crippen LogP contribution in [-0.2, 0) is 16.2 Å². The van der Waals surface area contributed by atoms with Gasteiger partial charge in [-0.2, -0.15) is 0 Å². The summed E-state index contributed by atoms with van der Waals surface area (Å²) >= 11 is 0. The SMILES string of the molecule is CC(C)(C)c1cc(-c2cccc3c2-c2ccccc2C3(C)C)cc(N(c2cccc(-c3ccccc3)c2)c2ccc3c(c2)C(C)(C)c2ccccc2-3)c1. The first kappa shape index (κ1) is 33.2. The molecule has 1 nitrogen and oxygen atoms in total. The highest BCUT2D eigenvalue weighted by atomic mass is 15.1. The van der Waals surface area contributed by atoms with Crippen LogP contribution >= 0.6 is 0 Å². The first-order valence-electron chi connectivity index (χ1n) is 19.0. The zero-order valence-corrected chi connectivity index (χ0v) is 32.0. The highest BCUT2D eigenvalue weighted by molar-refractivity contribution is 5.94. The molecular formula is C52H47N. The van der Waals surface area contributed by atoms with E-state index in [1.165, 1.54) is 72.3 Å². The maximum Gasteiger partial charge on any atom is 0.0470 e. The lowest BCUT2D eigenvalue weighted by Gasteiger charge is -2.31. The van der Waals surface area contributed by atoms with Gasteiger partial charge >= 0.3 is 0 Å². The lowest BCUT2D eigenvalue weighted by molar-refractivity contribution is 0.590. The summed E-state index contributed by atoms with van der Waals surface area (Å²) in [5.74, 6) is 0. The van der Waals surface area contributed by atoms with Crippen LogP contribution in [0, 0.1) is 0 Å². The van der Waals surface area contributed by atoms with Crippen molar-refractivity contribution in [1.82, 2.24) is 0 Å². The van der Waals surface area contributed by atoms with Crippen molar-refractivity contribution in [1.29, 1.82) is 0 Å². The van der Waals surface area contributed by atoms with Crippen LogP contribution in [0.15, 0.2) is 158 Å². The van der Waals surface area contributed by atoms with Crippen molar-refractivity contribution in [2.24, 2.45) is 0 Å². The summed E-state index contributed by atoms with van der Waals surface area (Å²) in [4.78, 5) is 2.49. The van der Waals surface area contributed by atoms with E-state index in [0.717, 1.165) is 17.1 Å². The molecule has 0 bridgehead atoms.